The molecule has 0 bridgehead atoms. The number of aromatic amines is 1. The second-order valence-electron chi connectivity index (χ2n) is 4.84. The average Bonchev–Trinajstić information content (AvgIpc) is 2.94. The first kappa shape index (κ1) is 15.6. The zero-order chi connectivity index (χ0) is 16.2. The fourth-order valence-corrected chi connectivity index (χ4v) is 3.32. The third-order valence-electron chi connectivity index (χ3n) is 3.26. The number of H-pyrrole nitrogens is 1. The number of benzene rings is 2. The SMILES string of the molecule is O=C(NCC[S@](=O)c1ccccc1)c1ccc2[nH]c(=S)oc2c1. The Kier molecular flexibility index (Phi) is 4.68. The van der Waals surface area contributed by atoms with Crippen molar-refractivity contribution in [3.8, 4) is 0 Å². The minimum absolute atomic E-state index is 0.237. The molecule has 1 heterocycles. The van der Waals surface area contributed by atoms with E-state index in [2.05, 4.69) is 10.3 Å². The Morgan fingerprint density at radius 2 is 2.00 bits per heavy atom. The number of oxazole rings is 1. The van der Waals surface area contributed by atoms with Gasteiger partial charge in [0.05, 0.1) is 16.3 Å². The highest BCUT2D eigenvalue weighted by Gasteiger charge is 2.09. The summed E-state index contributed by atoms with van der Waals surface area (Å²) >= 11 is 4.91. The molecule has 23 heavy (non-hydrogen) atoms. The lowest BCUT2D eigenvalue weighted by molar-refractivity contribution is 0.0956. The number of fused-ring (bicyclic) bond motifs is 1. The largest absolute Gasteiger partial charge is 0.429 e. The van der Waals surface area contributed by atoms with Gasteiger partial charge in [0, 0.05) is 22.8 Å². The van der Waals surface area contributed by atoms with Crippen molar-refractivity contribution in [2.45, 2.75) is 4.90 Å². The Morgan fingerprint density at radius 1 is 1.22 bits per heavy atom. The molecule has 0 unspecified atom stereocenters. The van der Waals surface area contributed by atoms with Gasteiger partial charge in [0.1, 0.15) is 0 Å². The van der Waals surface area contributed by atoms with Crippen LogP contribution in [-0.4, -0.2) is 27.4 Å². The summed E-state index contributed by atoms with van der Waals surface area (Å²) in [4.78, 5) is 16.0. The lowest BCUT2D eigenvalue weighted by Gasteiger charge is -2.05. The van der Waals surface area contributed by atoms with Crippen LogP contribution in [0.4, 0.5) is 0 Å². The number of carbonyl (C=O) groups excluding carboxylic acids is 1. The number of rotatable bonds is 5. The highest BCUT2D eigenvalue weighted by Crippen LogP contribution is 2.15. The summed E-state index contributed by atoms with van der Waals surface area (Å²) in [6, 6.07) is 14.2. The molecule has 3 rings (SSSR count). The smallest absolute Gasteiger partial charge is 0.266 e. The standard InChI is InChI=1S/C16H14N2O3S2/c19-15(11-6-7-13-14(10-11)21-16(22)18-13)17-8-9-23(20)12-4-2-1-3-5-12/h1-7,10H,8-9H2,(H,17,19)(H,18,22)/t23-/m0/s1. The van der Waals surface area contributed by atoms with Crippen LogP contribution in [0, 0.1) is 4.84 Å². The lowest BCUT2D eigenvalue weighted by Crippen LogP contribution is -2.27. The van der Waals surface area contributed by atoms with Gasteiger partial charge in [0.2, 0.25) is 0 Å². The number of aromatic nitrogens is 1. The van der Waals surface area contributed by atoms with Crippen LogP contribution in [0.1, 0.15) is 10.4 Å². The molecule has 5 nitrogen and oxygen atoms in total. The van der Waals surface area contributed by atoms with Crippen molar-refractivity contribution in [1.29, 1.82) is 0 Å². The van der Waals surface area contributed by atoms with Gasteiger partial charge in [0.25, 0.3) is 10.7 Å². The molecule has 2 N–H and O–H groups in total. The van der Waals surface area contributed by atoms with Gasteiger partial charge >= 0.3 is 0 Å². The third kappa shape index (κ3) is 3.75. The normalized spacial score (nSPS) is 12.2. The lowest BCUT2D eigenvalue weighted by atomic mass is 10.2. The summed E-state index contributed by atoms with van der Waals surface area (Å²) in [5, 5.41) is 2.76. The summed E-state index contributed by atoms with van der Waals surface area (Å²) in [5.41, 5.74) is 1.76. The predicted octanol–water partition coefficient (Wildman–Crippen LogP) is 3.03. The number of carbonyl (C=O) groups is 1. The van der Waals surface area contributed by atoms with Crippen molar-refractivity contribution in [3.63, 3.8) is 0 Å². The van der Waals surface area contributed by atoms with E-state index < -0.39 is 10.8 Å². The van der Waals surface area contributed by atoms with Gasteiger partial charge in [-0.3, -0.25) is 9.00 Å². The molecular formula is C16H14N2O3S2. The molecule has 0 aliphatic heterocycles. The molecule has 118 valence electrons. The fraction of sp³-hybridized carbons (Fsp3) is 0.125. The maximum absolute atomic E-state index is 12.1. The molecule has 3 aromatic rings. The number of nitrogens with one attached hydrogen (secondary N) is 2. The molecule has 7 heteroatoms. The summed E-state index contributed by atoms with van der Waals surface area (Å²) < 4.78 is 17.4. The summed E-state index contributed by atoms with van der Waals surface area (Å²) in [6.07, 6.45) is 0. The van der Waals surface area contributed by atoms with Gasteiger partial charge in [-0.1, -0.05) is 18.2 Å². The highest BCUT2D eigenvalue weighted by atomic mass is 32.2. The van der Waals surface area contributed by atoms with Gasteiger partial charge in [0.15, 0.2) is 5.58 Å². The Morgan fingerprint density at radius 3 is 2.78 bits per heavy atom. The quantitative estimate of drug-likeness (QED) is 0.696. The zero-order valence-electron chi connectivity index (χ0n) is 12.1. The first-order valence-corrected chi connectivity index (χ1v) is 8.71. The third-order valence-corrected chi connectivity index (χ3v) is 4.82. The maximum atomic E-state index is 12.1. The van der Waals surface area contributed by atoms with E-state index in [0.29, 0.717) is 23.4 Å². The average molecular weight is 346 g/mol. The van der Waals surface area contributed by atoms with Crippen molar-refractivity contribution in [3.05, 3.63) is 58.9 Å². The Hall–Kier alpha value is -2.25. The van der Waals surface area contributed by atoms with E-state index in [1.165, 1.54) is 0 Å². The van der Waals surface area contributed by atoms with Crippen LogP contribution in [0.15, 0.2) is 57.8 Å². The van der Waals surface area contributed by atoms with Crippen LogP contribution >= 0.6 is 12.2 Å². The molecular weight excluding hydrogens is 332 g/mol. The highest BCUT2D eigenvalue weighted by molar-refractivity contribution is 7.85. The monoisotopic (exact) mass is 346 g/mol. The minimum atomic E-state index is -1.13. The minimum Gasteiger partial charge on any atom is -0.429 e. The molecule has 0 aliphatic rings. The Bertz CT molecular complexity index is 916. The van der Waals surface area contributed by atoms with Crippen molar-refractivity contribution >= 4 is 40.0 Å². The number of hydrogen-bond donors (Lipinski definition) is 2. The zero-order valence-corrected chi connectivity index (χ0v) is 13.7. The molecule has 1 amide bonds. The van der Waals surface area contributed by atoms with E-state index in [0.717, 1.165) is 10.4 Å². The van der Waals surface area contributed by atoms with Gasteiger partial charge in [-0.15, -0.1) is 0 Å². The van der Waals surface area contributed by atoms with E-state index in [1.54, 1.807) is 18.2 Å². The molecule has 2 aromatic carbocycles. The molecule has 0 radical (unpaired) electrons. The van der Waals surface area contributed by atoms with Crippen LogP contribution in [0.3, 0.4) is 0 Å². The summed E-state index contributed by atoms with van der Waals surface area (Å²) in [5.74, 6) is 0.127. The van der Waals surface area contributed by atoms with Gasteiger partial charge in [-0.2, -0.15) is 0 Å². The summed E-state index contributed by atoms with van der Waals surface area (Å²) in [6.45, 7) is 0.328. The maximum Gasteiger partial charge on any atom is 0.266 e. The summed E-state index contributed by atoms with van der Waals surface area (Å²) in [7, 11) is -1.13. The Balaban J connectivity index is 1.60. The predicted molar refractivity (Wildman–Crippen MR) is 91.4 cm³/mol. The van der Waals surface area contributed by atoms with Crippen LogP contribution in [0.25, 0.3) is 11.1 Å². The van der Waals surface area contributed by atoms with Gasteiger partial charge < -0.3 is 14.7 Å². The molecule has 1 atom stereocenters. The molecule has 0 saturated carbocycles. The van der Waals surface area contributed by atoms with Crippen molar-refractivity contribution in [1.82, 2.24) is 10.3 Å². The molecule has 0 saturated heterocycles. The van der Waals surface area contributed by atoms with Crippen LogP contribution in [0.5, 0.6) is 0 Å². The van der Waals surface area contributed by atoms with Crippen molar-refractivity contribution < 1.29 is 13.4 Å². The van der Waals surface area contributed by atoms with E-state index in [-0.39, 0.29) is 10.7 Å². The second kappa shape index (κ2) is 6.89. The molecule has 1 aromatic heterocycles. The van der Waals surface area contributed by atoms with Crippen LogP contribution in [0.2, 0.25) is 0 Å². The van der Waals surface area contributed by atoms with Gasteiger partial charge in [-0.05, 0) is 42.5 Å². The first-order chi connectivity index (χ1) is 11.1. The van der Waals surface area contributed by atoms with Crippen molar-refractivity contribution in [2.75, 3.05) is 12.3 Å². The van der Waals surface area contributed by atoms with Gasteiger partial charge in [-0.25, -0.2) is 0 Å². The molecule has 0 spiro atoms. The molecule has 0 fully saturated rings. The molecule has 0 aliphatic carbocycles. The fourth-order valence-electron chi connectivity index (χ4n) is 2.14. The van der Waals surface area contributed by atoms with E-state index in [1.807, 2.05) is 30.3 Å². The second-order valence-corrected chi connectivity index (χ2v) is 6.79. The van der Waals surface area contributed by atoms with E-state index >= 15 is 0 Å². The first-order valence-electron chi connectivity index (χ1n) is 6.98. The van der Waals surface area contributed by atoms with E-state index in [9.17, 15) is 9.00 Å². The van der Waals surface area contributed by atoms with E-state index in [4.69, 9.17) is 16.6 Å². The van der Waals surface area contributed by atoms with Crippen LogP contribution in [-0.2, 0) is 10.8 Å². The van der Waals surface area contributed by atoms with Crippen molar-refractivity contribution in [2.24, 2.45) is 0 Å². The number of hydrogen-bond acceptors (Lipinski definition) is 4. The Labute approximate surface area is 140 Å². The van der Waals surface area contributed by atoms with Crippen LogP contribution < -0.4 is 5.32 Å². The number of amides is 1. The topological polar surface area (TPSA) is 75.1 Å².